The summed E-state index contributed by atoms with van der Waals surface area (Å²) < 4.78 is 5.74. The number of nitrogens with zero attached hydrogens (tertiary/aromatic N) is 6. The average Bonchev–Trinajstić information content (AvgIpc) is 3.69. The highest BCUT2D eigenvalue weighted by atomic mass is 16.5. The molecule has 0 atom stereocenters. The second-order valence-corrected chi connectivity index (χ2v) is 11.4. The topological polar surface area (TPSA) is 28.7 Å². The van der Waals surface area contributed by atoms with Crippen molar-refractivity contribution >= 4 is 0 Å². The lowest BCUT2D eigenvalue weighted by atomic mass is 10.4. The van der Waals surface area contributed by atoms with Gasteiger partial charge in [-0.1, -0.05) is 0 Å². The van der Waals surface area contributed by atoms with Crippen LogP contribution in [-0.4, -0.2) is 161 Å². The predicted octanol–water partition coefficient (Wildman–Crippen LogP) is 2.24. The first kappa shape index (κ1) is 29.3. The molecule has 0 unspecified atom stereocenters. The smallest absolute Gasteiger partial charge is 0.0594 e. The summed E-state index contributed by atoms with van der Waals surface area (Å²) in [4.78, 5) is 15.2. The number of hydrogen-bond acceptors (Lipinski definition) is 7. The van der Waals surface area contributed by atoms with E-state index in [4.69, 9.17) is 4.74 Å². The summed E-state index contributed by atoms with van der Waals surface area (Å²) in [7, 11) is 4.48. The van der Waals surface area contributed by atoms with Gasteiger partial charge in [-0.15, -0.1) is 0 Å². The molecule has 0 aromatic carbocycles. The maximum absolute atomic E-state index is 5.74. The Kier molecular flexibility index (Phi) is 15.1. The standard InChI is InChI=1S/C15H31N3O.C13H27N3/c1-16(10-11-17-6-2-3-7-17)12-14-19-15-13-18-8-4-5-9-18;1-14(10-12-15-6-2-3-7-15)11-13-16-8-4-5-9-16/h2-15H2,1H3;2-13H2,1H3. The van der Waals surface area contributed by atoms with Crippen LogP contribution in [0.4, 0.5) is 0 Å². The Labute approximate surface area is 217 Å². The Morgan fingerprint density at radius 3 is 1.11 bits per heavy atom. The zero-order valence-corrected chi connectivity index (χ0v) is 23.5. The van der Waals surface area contributed by atoms with E-state index in [2.05, 4.69) is 43.5 Å². The lowest BCUT2D eigenvalue weighted by Gasteiger charge is -2.23. The van der Waals surface area contributed by atoms with E-state index in [1.165, 1.54) is 143 Å². The predicted molar refractivity (Wildman–Crippen MR) is 149 cm³/mol. The summed E-state index contributed by atoms with van der Waals surface area (Å²) in [6, 6.07) is 0. The van der Waals surface area contributed by atoms with E-state index in [0.29, 0.717) is 0 Å². The molecule has 4 aliphatic rings. The minimum absolute atomic E-state index is 0.879. The van der Waals surface area contributed by atoms with Gasteiger partial charge in [0, 0.05) is 52.4 Å². The van der Waals surface area contributed by atoms with Crippen LogP contribution < -0.4 is 0 Å². The van der Waals surface area contributed by atoms with E-state index in [1.54, 1.807) is 0 Å². The fourth-order valence-electron chi connectivity index (χ4n) is 5.70. The minimum atomic E-state index is 0.879. The molecule has 0 N–H and O–H groups in total. The molecule has 0 aliphatic carbocycles. The summed E-state index contributed by atoms with van der Waals surface area (Å²) in [5.74, 6) is 0. The average molecular weight is 495 g/mol. The summed E-state index contributed by atoms with van der Waals surface area (Å²) in [6.45, 7) is 21.9. The third kappa shape index (κ3) is 13.2. The fraction of sp³-hybridized carbons (Fsp3) is 1.00. The van der Waals surface area contributed by atoms with Crippen molar-refractivity contribution in [2.75, 3.05) is 132 Å². The summed E-state index contributed by atoms with van der Waals surface area (Å²) >= 11 is 0. The molecule has 0 saturated carbocycles. The van der Waals surface area contributed by atoms with E-state index in [0.717, 1.165) is 26.3 Å². The van der Waals surface area contributed by atoms with Crippen LogP contribution in [0.3, 0.4) is 0 Å². The lowest BCUT2D eigenvalue weighted by Crippen LogP contribution is -2.36. The second kappa shape index (κ2) is 18.1. The SMILES string of the molecule is CN(CCN1CCCC1)CCN1CCCC1.CN(CCOCCN1CCCC1)CCN1CCCC1. The molecule has 0 aromatic rings. The first-order valence-electron chi connectivity index (χ1n) is 15.0. The molecule has 4 rings (SSSR count). The van der Waals surface area contributed by atoms with Crippen LogP contribution in [-0.2, 0) is 4.74 Å². The Morgan fingerprint density at radius 1 is 0.429 bits per heavy atom. The normalized spacial score (nSPS) is 22.6. The highest BCUT2D eigenvalue weighted by Crippen LogP contribution is 2.09. The van der Waals surface area contributed by atoms with Crippen LogP contribution in [0.1, 0.15) is 51.4 Å². The Balaban J connectivity index is 0.000000198. The van der Waals surface area contributed by atoms with Gasteiger partial charge in [-0.25, -0.2) is 0 Å². The number of likely N-dealkylation sites (N-methyl/N-ethyl adjacent to an activating group) is 2. The van der Waals surface area contributed by atoms with Gasteiger partial charge in [0.1, 0.15) is 0 Å². The molecule has 206 valence electrons. The van der Waals surface area contributed by atoms with Crippen LogP contribution in [0, 0.1) is 0 Å². The third-order valence-corrected chi connectivity index (χ3v) is 8.36. The zero-order chi connectivity index (χ0) is 24.6. The van der Waals surface area contributed by atoms with Crippen LogP contribution in [0.2, 0.25) is 0 Å². The van der Waals surface area contributed by atoms with E-state index in [1.807, 2.05) is 0 Å². The quantitative estimate of drug-likeness (QED) is 0.323. The van der Waals surface area contributed by atoms with Gasteiger partial charge >= 0.3 is 0 Å². The van der Waals surface area contributed by atoms with Gasteiger partial charge < -0.3 is 34.1 Å². The number of rotatable bonds is 15. The van der Waals surface area contributed by atoms with E-state index >= 15 is 0 Å². The maximum Gasteiger partial charge on any atom is 0.0594 e. The van der Waals surface area contributed by atoms with Crippen LogP contribution >= 0.6 is 0 Å². The van der Waals surface area contributed by atoms with Gasteiger partial charge in [0.25, 0.3) is 0 Å². The highest BCUT2D eigenvalue weighted by molar-refractivity contribution is 4.71. The lowest BCUT2D eigenvalue weighted by molar-refractivity contribution is 0.0918. The van der Waals surface area contributed by atoms with Crippen molar-refractivity contribution in [1.29, 1.82) is 0 Å². The molecule has 4 heterocycles. The summed E-state index contributed by atoms with van der Waals surface area (Å²) in [5, 5.41) is 0. The van der Waals surface area contributed by atoms with Gasteiger partial charge in [0.05, 0.1) is 13.2 Å². The van der Waals surface area contributed by atoms with Crippen molar-refractivity contribution in [3.05, 3.63) is 0 Å². The number of hydrogen-bond donors (Lipinski definition) is 0. The summed E-state index contributed by atoms with van der Waals surface area (Å²) in [5.41, 5.74) is 0. The largest absolute Gasteiger partial charge is 0.379 e. The molecule has 0 spiro atoms. The minimum Gasteiger partial charge on any atom is -0.379 e. The van der Waals surface area contributed by atoms with Crippen molar-refractivity contribution in [3.63, 3.8) is 0 Å². The van der Waals surface area contributed by atoms with Crippen LogP contribution in [0.25, 0.3) is 0 Å². The van der Waals surface area contributed by atoms with Crippen molar-refractivity contribution in [2.24, 2.45) is 0 Å². The number of likely N-dealkylation sites (tertiary alicyclic amines) is 4. The van der Waals surface area contributed by atoms with Gasteiger partial charge in [0.2, 0.25) is 0 Å². The van der Waals surface area contributed by atoms with E-state index < -0.39 is 0 Å². The molecule has 4 aliphatic heterocycles. The van der Waals surface area contributed by atoms with Gasteiger partial charge in [-0.3, -0.25) is 0 Å². The van der Waals surface area contributed by atoms with Crippen LogP contribution in [0.5, 0.6) is 0 Å². The molecule has 0 aromatic heterocycles. The van der Waals surface area contributed by atoms with Crippen molar-refractivity contribution in [2.45, 2.75) is 51.4 Å². The van der Waals surface area contributed by atoms with Gasteiger partial charge in [-0.2, -0.15) is 0 Å². The molecule has 7 heteroatoms. The molecule has 0 radical (unpaired) electrons. The van der Waals surface area contributed by atoms with Crippen LogP contribution in [0.15, 0.2) is 0 Å². The molecule has 7 nitrogen and oxygen atoms in total. The Morgan fingerprint density at radius 2 is 0.743 bits per heavy atom. The molecule has 0 amide bonds. The van der Waals surface area contributed by atoms with Gasteiger partial charge in [-0.05, 0) is 118 Å². The summed E-state index contributed by atoms with van der Waals surface area (Å²) in [6.07, 6.45) is 11.2. The Hall–Kier alpha value is -0.280. The van der Waals surface area contributed by atoms with Gasteiger partial charge in [0.15, 0.2) is 0 Å². The Bertz CT molecular complexity index is 480. The maximum atomic E-state index is 5.74. The first-order chi connectivity index (χ1) is 17.2. The molecule has 0 bridgehead atoms. The van der Waals surface area contributed by atoms with E-state index in [-0.39, 0.29) is 0 Å². The molecule has 35 heavy (non-hydrogen) atoms. The number of ether oxygens (including phenoxy) is 1. The van der Waals surface area contributed by atoms with E-state index in [9.17, 15) is 0 Å². The molecular formula is C28H58N6O. The van der Waals surface area contributed by atoms with Crippen molar-refractivity contribution in [3.8, 4) is 0 Å². The zero-order valence-electron chi connectivity index (χ0n) is 23.5. The van der Waals surface area contributed by atoms with Crippen molar-refractivity contribution in [1.82, 2.24) is 29.4 Å². The van der Waals surface area contributed by atoms with Crippen molar-refractivity contribution < 1.29 is 4.74 Å². The molecule has 4 saturated heterocycles. The second-order valence-electron chi connectivity index (χ2n) is 11.4. The first-order valence-corrected chi connectivity index (χ1v) is 15.0. The monoisotopic (exact) mass is 494 g/mol. The molecule has 4 fully saturated rings. The third-order valence-electron chi connectivity index (χ3n) is 8.36. The fourth-order valence-corrected chi connectivity index (χ4v) is 5.70. The molecular weight excluding hydrogens is 436 g/mol. The highest BCUT2D eigenvalue weighted by Gasteiger charge is 2.14.